The van der Waals surface area contributed by atoms with Crippen molar-refractivity contribution in [1.29, 1.82) is 0 Å². The van der Waals surface area contributed by atoms with Gasteiger partial charge >= 0.3 is 0 Å². The van der Waals surface area contributed by atoms with Gasteiger partial charge in [-0.05, 0) is 24.1 Å². The van der Waals surface area contributed by atoms with Crippen LogP contribution in [0.25, 0.3) is 0 Å². The van der Waals surface area contributed by atoms with Gasteiger partial charge in [0, 0.05) is 19.2 Å². The largest absolute Gasteiger partial charge is 0.545 e. The first kappa shape index (κ1) is 13.2. The zero-order chi connectivity index (χ0) is 12.8. The molecule has 0 aromatic heterocycles. The Morgan fingerprint density at radius 3 is 2.24 bits per heavy atom. The van der Waals surface area contributed by atoms with E-state index in [0.717, 1.165) is 18.5 Å². The fourth-order valence-electron chi connectivity index (χ4n) is 1.56. The number of amides is 1. The monoisotopic (exact) mass is 234 g/mol. The molecule has 0 heterocycles. The molecule has 92 valence electrons. The van der Waals surface area contributed by atoms with Crippen molar-refractivity contribution in [3.8, 4) is 0 Å². The van der Waals surface area contributed by atoms with Gasteiger partial charge in [0.05, 0.1) is 5.97 Å². The van der Waals surface area contributed by atoms with Gasteiger partial charge in [0.1, 0.15) is 0 Å². The zero-order valence-corrected chi connectivity index (χ0v) is 10.1. The van der Waals surface area contributed by atoms with Crippen molar-refractivity contribution in [2.24, 2.45) is 0 Å². The molecule has 1 aromatic rings. The third-order valence-electron chi connectivity index (χ3n) is 2.53. The maximum Gasteiger partial charge on any atom is 0.223 e. The Hall–Kier alpha value is -1.84. The Bertz CT molecular complexity index is 398. The number of rotatable bonds is 5. The molecule has 0 spiro atoms. The van der Waals surface area contributed by atoms with E-state index in [9.17, 15) is 14.7 Å². The van der Waals surface area contributed by atoms with E-state index in [0.29, 0.717) is 6.54 Å². The molecule has 0 aliphatic rings. The van der Waals surface area contributed by atoms with Gasteiger partial charge in [-0.1, -0.05) is 25.5 Å². The Morgan fingerprint density at radius 2 is 1.82 bits per heavy atom. The Labute approximate surface area is 101 Å². The van der Waals surface area contributed by atoms with E-state index in [1.807, 2.05) is 0 Å². The number of unbranched alkanes of at least 4 members (excludes halogenated alkanes) is 1. The van der Waals surface area contributed by atoms with Crippen molar-refractivity contribution in [2.45, 2.75) is 26.7 Å². The number of hydrogen-bond acceptors (Lipinski definition) is 3. The summed E-state index contributed by atoms with van der Waals surface area (Å²) in [6.07, 6.45) is 1.92. The molecule has 1 rings (SSSR count). The van der Waals surface area contributed by atoms with E-state index >= 15 is 0 Å². The molecule has 0 bridgehead atoms. The number of carboxylic acid groups (broad SMARTS) is 1. The molecule has 0 radical (unpaired) electrons. The summed E-state index contributed by atoms with van der Waals surface area (Å²) in [5.41, 5.74) is 0.837. The van der Waals surface area contributed by atoms with Gasteiger partial charge in [0.2, 0.25) is 5.91 Å². The average molecular weight is 234 g/mol. The van der Waals surface area contributed by atoms with Crippen molar-refractivity contribution >= 4 is 17.6 Å². The minimum Gasteiger partial charge on any atom is -0.545 e. The number of nitrogens with zero attached hydrogens (tertiary/aromatic N) is 1. The topological polar surface area (TPSA) is 60.4 Å². The van der Waals surface area contributed by atoms with Crippen molar-refractivity contribution in [3.63, 3.8) is 0 Å². The molecule has 0 unspecified atom stereocenters. The standard InChI is InChI=1S/C13H17NO3/c1-3-4-9-14(10(2)15)12-7-5-11(6-8-12)13(16)17/h5-8H,3-4,9H2,1-2H3,(H,16,17)/p-1. The summed E-state index contributed by atoms with van der Waals surface area (Å²) < 4.78 is 0. The molecule has 0 atom stereocenters. The molecule has 1 aromatic carbocycles. The number of aromatic carboxylic acids is 1. The van der Waals surface area contributed by atoms with E-state index in [-0.39, 0.29) is 11.5 Å². The summed E-state index contributed by atoms with van der Waals surface area (Å²) in [7, 11) is 0. The Balaban J connectivity index is 2.87. The van der Waals surface area contributed by atoms with Crippen LogP contribution in [0.15, 0.2) is 24.3 Å². The molecule has 4 heteroatoms. The summed E-state index contributed by atoms with van der Waals surface area (Å²) >= 11 is 0. The lowest BCUT2D eigenvalue weighted by molar-refractivity contribution is -0.255. The molecule has 0 saturated carbocycles. The molecule has 4 nitrogen and oxygen atoms in total. The summed E-state index contributed by atoms with van der Waals surface area (Å²) in [4.78, 5) is 23.7. The fourth-order valence-corrected chi connectivity index (χ4v) is 1.56. The highest BCUT2D eigenvalue weighted by atomic mass is 16.4. The Morgan fingerprint density at radius 1 is 1.24 bits per heavy atom. The normalized spacial score (nSPS) is 10.0. The molecular weight excluding hydrogens is 218 g/mol. The molecule has 1 amide bonds. The van der Waals surface area contributed by atoms with E-state index in [1.54, 1.807) is 17.0 Å². The van der Waals surface area contributed by atoms with Crippen molar-refractivity contribution in [2.75, 3.05) is 11.4 Å². The number of hydrogen-bond donors (Lipinski definition) is 0. The lowest BCUT2D eigenvalue weighted by Gasteiger charge is -2.21. The van der Waals surface area contributed by atoms with Crippen LogP contribution in [0.2, 0.25) is 0 Å². The van der Waals surface area contributed by atoms with Crippen molar-refractivity contribution in [3.05, 3.63) is 29.8 Å². The van der Waals surface area contributed by atoms with Crippen molar-refractivity contribution < 1.29 is 14.7 Å². The number of carboxylic acids is 1. The molecule has 0 aliphatic heterocycles. The summed E-state index contributed by atoms with van der Waals surface area (Å²) in [5, 5.41) is 10.6. The van der Waals surface area contributed by atoms with E-state index in [4.69, 9.17) is 0 Å². The molecule has 17 heavy (non-hydrogen) atoms. The fraction of sp³-hybridized carbons (Fsp3) is 0.385. The predicted octanol–water partition coefficient (Wildman–Crippen LogP) is 1.20. The number of benzene rings is 1. The molecule has 0 saturated heterocycles. The SMILES string of the molecule is CCCCN(C(C)=O)c1ccc(C(=O)[O-])cc1. The maximum absolute atomic E-state index is 11.5. The highest BCUT2D eigenvalue weighted by Crippen LogP contribution is 2.16. The average Bonchev–Trinajstić information content (AvgIpc) is 2.29. The van der Waals surface area contributed by atoms with Crippen LogP contribution in [0.3, 0.4) is 0 Å². The summed E-state index contributed by atoms with van der Waals surface area (Å²) in [5.74, 6) is -1.25. The van der Waals surface area contributed by atoms with E-state index in [2.05, 4.69) is 6.92 Å². The van der Waals surface area contributed by atoms with E-state index in [1.165, 1.54) is 19.1 Å². The second kappa shape index (κ2) is 6.03. The van der Waals surface area contributed by atoms with Crippen LogP contribution in [0.1, 0.15) is 37.0 Å². The summed E-state index contributed by atoms with van der Waals surface area (Å²) in [6.45, 7) is 4.20. The first-order valence-corrected chi connectivity index (χ1v) is 5.65. The van der Waals surface area contributed by atoms with Crippen LogP contribution in [-0.4, -0.2) is 18.4 Å². The lowest BCUT2D eigenvalue weighted by Crippen LogP contribution is -2.29. The predicted molar refractivity (Wildman–Crippen MR) is 63.7 cm³/mol. The molecule has 0 N–H and O–H groups in total. The second-order valence-corrected chi connectivity index (χ2v) is 3.86. The third kappa shape index (κ3) is 3.59. The van der Waals surface area contributed by atoms with Gasteiger partial charge in [0.15, 0.2) is 0 Å². The van der Waals surface area contributed by atoms with Crippen molar-refractivity contribution in [1.82, 2.24) is 0 Å². The van der Waals surface area contributed by atoms with Gasteiger partial charge in [-0.2, -0.15) is 0 Å². The highest BCUT2D eigenvalue weighted by molar-refractivity contribution is 5.92. The minimum absolute atomic E-state index is 0.0420. The van der Waals surface area contributed by atoms with Gasteiger partial charge in [-0.15, -0.1) is 0 Å². The molecule has 0 fully saturated rings. The molecular formula is C13H16NO3-. The van der Waals surface area contributed by atoms with Crippen LogP contribution in [-0.2, 0) is 4.79 Å². The lowest BCUT2D eigenvalue weighted by atomic mass is 10.2. The van der Waals surface area contributed by atoms with Crippen LogP contribution in [0.5, 0.6) is 0 Å². The van der Waals surface area contributed by atoms with E-state index < -0.39 is 5.97 Å². The number of carbonyl (C=O) groups is 2. The first-order valence-electron chi connectivity index (χ1n) is 5.65. The maximum atomic E-state index is 11.5. The van der Waals surface area contributed by atoms with Gasteiger partial charge in [-0.25, -0.2) is 0 Å². The zero-order valence-electron chi connectivity index (χ0n) is 10.1. The first-order chi connectivity index (χ1) is 8.06. The van der Waals surface area contributed by atoms with Gasteiger partial charge in [0.25, 0.3) is 0 Å². The quantitative estimate of drug-likeness (QED) is 0.769. The highest BCUT2D eigenvalue weighted by Gasteiger charge is 2.10. The van der Waals surface area contributed by atoms with Crippen LogP contribution >= 0.6 is 0 Å². The van der Waals surface area contributed by atoms with Crippen LogP contribution < -0.4 is 10.0 Å². The molecule has 0 aliphatic carbocycles. The number of anilines is 1. The smallest absolute Gasteiger partial charge is 0.223 e. The second-order valence-electron chi connectivity index (χ2n) is 3.86. The minimum atomic E-state index is -1.21. The van der Waals surface area contributed by atoms with Gasteiger partial charge in [-0.3, -0.25) is 4.79 Å². The van der Waals surface area contributed by atoms with Gasteiger partial charge < -0.3 is 14.8 Å². The van der Waals surface area contributed by atoms with Crippen LogP contribution in [0, 0.1) is 0 Å². The van der Waals surface area contributed by atoms with Crippen LogP contribution in [0.4, 0.5) is 5.69 Å². The summed E-state index contributed by atoms with van der Waals surface area (Å²) in [6, 6.07) is 6.16. The third-order valence-corrected chi connectivity index (χ3v) is 2.53. The number of carbonyl (C=O) groups excluding carboxylic acids is 2. The Kier molecular flexibility index (Phi) is 4.69.